The number of ether oxygens (including phenoxy) is 1. The molecule has 2 aromatic heterocycles. The average molecular weight is 482 g/mol. The number of carbonyl (C=O) groups is 1. The van der Waals surface area contributed by atoms with E-state index < -0.39 is 0 Å². The summed E-state index contributed by atoms with van der Waals surface area (Å²) in [5.41, 5.74) is 3.72. The van der Waals surface area contributed by atoms with Gasteiger partial charge >= 0.3 is 0 Å². The van der Waals surface area contributed by atoms with Crippen LogP contribution in [0.15, 0.2) is 61.2 Å². The monoisotopic (exact) mass is 481 g/mol. The highest BCUT2D eigenvalue weighted by molar-refractivity contribution is 6.35. The van der Waals surface area contributed by atoms with E-state index in [0.29, 0.717) is 28.0 Å². The van der Waals surface area contributed by atoms with Crippen LogP contribution >= 0.6 is 23.2 Å². The zero-order chi connectivity index (χ0) is 22.9. The fourth-order valence-corrected chi connectivity index (χ4v) is 4.80. The molecule has 0 fully saturated rings. The van der Waals surface area contributed by atoms with E-state index in [0.717, 1.165) is 35.4 Å². The summed E-state index contributed by atoms with van der Waals surface area (Å²) in [6.07, 6.45) is 6.19. The fraction of sp³-hybridized carbons (Fsp3) is 0.208. The van der Waals surface area contributed by atoms with Crippen LogP contribution in [0.3, 0.4) is 0 Å². The zero-order valence-electron chi connectivity index (χ0n) is 17.8. The third-order valence-electron chi connectivity index (χ3n) is 5.86. The molecule has 0 bridgehead atoms. The summed E-state index contributed by atoms with van der Waals surface area (Å²) in [4.78, 5) is 19.4. The third kappa shape index (κ3) is 3.98. The summed E-state index contributed by atoms with van der Waals surface area (Å²) in [7, 11) is 1.63. The molecule has 33 heavy (non-hydrogen) atoms. The van der Waals surface area contributed by atoms with Crippen molar-refractivity contribution < 1.29 is 9.53 Å². The number of nitrogens with one attached hydrogen (secondary N) is 1. The first kappa shape index (κ1) is 21.6. The molecule has 7 nitrogen and oxygen atoms in total. The molecule has 0 saturated carbocycles. The van der Waals surface area contributed by atoms with E-state index in [1.54, 1.807) is 31.8 Å². The summed E-state index contributed by atoms with van der Waals surface area (Å²) in [5.74, 6) is 0.652. The largest absolute Gasteiger partial charge is 0.497 e. The molecule has 0 spiro atoms. The molecule has 5 rings (SSSR count). The van der Waals surface area contributed by atoms with Crippen LogP contribution in [-0.4, -0.2) is 44.2 Å². The van der Waals surface area contributed by atoms with Crippen LogP contribution in [-0.2, 0) is 6.54 Å². The first-order valence-electron chi connectivity index (χ1n) is 10.5. The number of hydrogen-bond donors (Lipinski definition) is 1. The second-order valence-electron chi connectivity index (χ2n) is 7.81. The van der Waals surface area contributed by atoms with Gasteiger partial charge in [0.05, 0.1) is 25.2 Å². The lowest BCUT2D eigenvalue weighted by atomic mass is 9.96. The smallest absolute Gasteiger partial charge is 0.273 e. The van der Waals surface area contributed by atoms with Gasteiger partial charge in [-0.2, -0.15) is 5.10 Å². The SMILES string of the molecule is COc1ccc(-c2n[nH]c3c2C(c2ccc(Cl)cc2Cl)N(CCCn2ccnc2)C3=O)cc1. The van der Waals surface area contributed by atoms with Gasteiger partial charge in [-0.3, -0.25) is 9.89 Å². The van der Waals surface area contributed by atoms with Crippen LogP contribution in [0, 0.1) is 0 Å². The van der Waals surface area contributed by atoms with Gasteiger partial charge in [-0.15, -0.1) is 0 Å². The number of hydrogen-bond acceptors (Lipinski definition) is 4. The van der Waals surface area contributed by atoms with Crippen molar-refractivity contribution >= 4 is 29.1 Å². The lowest BCUT2D eigenvalue weighted by Gasteiger charge is -2.27. The number of amides is 1. The van der Waals surface area contributed by atoms with Crippen molar-refractivity contribution in [3.63, 3.8) is 0 Å². The minimum atomic E-state index is -0.379. The Kier molecular flexibility index (Phi) is 5.83. The van der Waals surface area contributed by atoms with Gasteiger partial charge in [-0.25, -0.2) is 4.98 Å². The number of carbonyl (C=O) groups excluding carboxylic acids is 1. The van der Waals surface area contributed by atoms with Crippen LogP contribution in [0.4, 0.5) is 0 Å². The number of aromatic nitrogens is 4. The summed E-state index contributed by atoms with van der Waals surface area (Å²) >= 11 is 12.8. The van der Waals surface area contributed by atoms with E-state index in [1.165, 1.54) is 0 Å². The highest BCUT2D eigenvalue weighted by atomic mass is 35.5. The Morgan fingerprint density at radius 1 is 1.12 bits per heavy atom. The van der Waals surface area contributed by atoms with Crippen molar-refractivity contribution in [2.45, 2.75) is 19.0 Å². The van der Waals surface area contributed by atoms with Crippen LogP contribution in [0.1, 0.15) is 34.1 Å². The Hall–Kier alpha value is -3.29. The highest BCUT2D eigenvalue weighted by Gasteiger charge is 2.42. The van der Waals surface area contributed by atoms with Crippen molar-refractivity contribution in [1.82, 2.24) is 24.6 Å². The minimum absolute atomic E-state index is 0.0982. The van der Waals surface area contributed by atoms with E-state index in [-0.39, 0.29) is 11.9 Å². The summed E-state index contributed by atoms with van der Waals surface area (Å²) in [5, 5.41) is 8.52. The molecule has 0 saturated heterocycles. The molecule has 1 aliphatic heterocycles. The normalized spacial score (nSPS) is 15.2. The van der Waals surface area contributed by atoms with Gasteiger partial charge in [0.25, 0.3) is 5.91 Å². The maximum Gasteiger partial charge on any atom is 0.273 e. The number of halogens is 2. The van der Waals surface area contributed by atoms with Crippen LogP contribution < -0.4 is 4.74 Å². The number of fused-ring (bicyclic) bond motifs is 1. The molecule has 1 unspecified atom stereocenters. The van der Waals surface area contributed by atoms with Crippen LogP contribution in [0.5, 0.6) is 5.75 Å². The topological polar surface area (TPSA) is 76.0 Å². The number of methoxy groups -OCH3 is 1. The molecular weight excluding hydrogens is 461 g/mol. The van der Waals surface area contributed by atoms with E-state index in [9.17, 15) is 4.79 Å². The molecule has 1 N–H and O–H groups in total. The number of nitrogens with zero attached hydrogens (tertiary/aromatic N) is 4. The van der Waals surface area contributed by atoms with E-state index in [4.69, 9.17) is 27.9 Å². The molecular formula is C24H21Cl2N5O2. The van der Waals surface area contributed by atoms with Crippen molar-refractivity contribution in [2.24, 2.45) is 0 Å². The van der Waals surface area contributed by atoms with Gasteiger partial charge in [-0.1, -0.05) is 29.3 Å². The predicted molar refractivity (Wildman–Crippen MR) is 127 cm³/mol. The molecule has 0 radical (unpaired) electrons. The first-order valence-corrected chi connectivity index (χ1v) is 11.3. The van der Waals surface area contributed by atoms with Gasteiger partial charge in [0, 0.05) is 46.7 Å². The zero-order valence-corrected chi connectivity index (χ0v) is 19.3. The maximum atomic E-state index is 13.4. The Morgan fingerprint density at radius 3 is 2.64 bits per heavy atom. The number of H-pyrrole nitrogens is 1. The third-order valence-corrected chi connectivity index (χ3v) is 6.42. The number of benzene rings is 2. The van der Waals surface area contributed by atoms with E-state index in [2.05, 4.69) is 15.2 Å². The van der Waals surface area contributed by atoms with Crippen molar-refractivity contribution in [1.29, 1.82) is 0 Å². The molecule has 4 aromatic rings. The van der Waals surface area contributed by atoms with Crippen LogP contribution in [0.2, 0.25) is 10.0 Å². The summed E-state index contributed by atoms with van der Waals surface area (Å²) < 4.78 is 7.27. The molecule has 9 heteroatoms. The lowest BCUT2D eigenvalue weighted by Crippen LogP contribution is -2.31. The Labute approximate surface area is 200 Å². The quantitative estimate of drug-likeness (QED) is 0.392. The minimum Gasteiger partial charge on any atom is -0.497 e. The number of imidazole rings is 1. The van der Waals surface area contributed by atoms with Gasteiger partial charge in [0.15, 0.2) is 0 Å². The predicted octanol–water partition coefficient (Wildman–Crippen LogP) is 5.22. The van der Waals surface area contributed by atoms with Gasteiger partial charge in [0.1, 0.15) is 11.4 Å². The number of aromatic amines is 1. The molecule has 1 amide bonds. The second kappa shape index (κ2) is 8.92. The van der Waals surface area contributed by atoms with Crippen molar-refractivity contribution in [3.8, 4) is 17.0 Å². The summed E-state index contributed by atoms with van der Waals surface area (Å²) in [6, 6.07) is 12.6. The standard InChI is InChI=1S/C24H21Cl2N5O2/c1-33-17-6-3-15(4-7-17)21-20-22(29-28-21)24(32)31(11-2-10-30-12-9-27-14-30)23(20)18-8-5-16(25)13-19(18)26/h3-9,12-14,23H,2,10-11H2,1H3,(H,28,29). The van der Waals surface area contributed by atoms with E-state index in [1.807, 2.05) is 46.0 Å². The van der Waals surface area contributed by atoms with Gasteiger partial charge in [0.2, 0.25) is 0 Å². The molecule has 2 aromatic carbocycles. The second-order valence-corrected chi connectivity index (χ2v) is 8.65. The number of aryl methyl sites for hydroxylation is 1. The Balaban J connectivity index is 1.55. The molecule has 1 aliphatic rings. The lowest BCUT2D eigenvalue weighted by molar-refractivity contribution is 0.0739. The van der Waals surface area contributed by atoms with Crippen molar-refractivity contribution in [2.75, 3.05) is 13.7 Å². The molecule has 168 valence electrons. The Morgan fingerprint density at radius 2 is 1.94 bits per heavy atom. The molecule has 3 heterocycles. The Bertz CT molecular complexity index is 1280. The summed E-state index contributed by atoms with van der Waals surface area (Å²) in [6.45, 7) is 1.30. The maximum absolute atomic E-state index is 13.4. The molecule has 0 aliphatic carbocycles. The average Bonchev–Trinajstić information content (AvgIpc) is 3.54. The van der Waals surface area contributed by atoms with Crippen molar-refractivity contribution in [3.05, 3.63) is 88.1 Å². The highest BCUT2D eigenvalue weighted by Crippen LogP contribution is 2.45. The van der Waals surface area contributed by atoms with Gasteiger partial charge < -0.3 is 14.2 Å². The molecule has 1 atom stereocenters. The first-order chi connectivity index (χ1) is 16.1. The fourth-order valence-electron chi connectivity index (χ4n) is 4.29. The van der Waals surface area contributed by atoms with E-state index >= 15 is 0 Å². The number of rotatable bonds is 7. The van der Waals surface area contributed by atoms with Crippen LogP contribution in [0.25, 0.3) is 11.3 Å². The van der Waals surface area contributed by atoms with Gasteiger partial charge in [-0.05, 0) is 48.4 Å².